The molecule has 0 unspecified atom stereocenters. The number of fused-ring (bicyclic) bond motifs is 2. The standard InChI is InChI=1S/C30H24N2O2/c1-21-15-25(18-26(16-21)34-20-22-9-3-2-4-10-22)30(33)32-31-19-29-27-13-7-5-11-23(27)17-24-12-6-8-14-28(24)29/h2-19H,20H2,1H3,(H,32,33)/b31-19+. The number of nitrogens with zero attached hydrogens (tertiary/aromatic N) is 1. The highest BCUT2D eigenvalue weighted by Crippen LogP contribution is 2.27. The second-order valence-electron chi connectivity index (χ2n) is 8.24. The molecule has 0 spiro atoms. The van der Waals surface area contributed by atoms with Gasteiger partial charge in [0.15, 0.2) is 0 Å². The molecule has 0 atom stereocenters. The van der Waals surface area contributed by atoms with Crippen LogP contribution in [0.15, 0.2) is 108 Å². The third-order valence-electron chi connectivity index (χ3n) is 5.73. The van der Waals surface area contributed by atoms with Gasteiger partial charge >= 0.3 is 0 Å². The van der Waals surface area contributed by atoms with E-state index in [2.05, 4.69) is 40.9 Å². The van der Waals surface area contributed by atoms with Crippen LogP contribution < -0.4 is 10.2 Å². The van der Waals surface area contributed by atoms with E-state index in [-0.39, 0.29) is 5.91 Å². The number of carbonyl (C=O) groups is 1. The summed E-state index contributed by atoms with van der Waals surface area (Å²) in [7, 11) is 0. The molecule has 5 aromatic rings. The molecule has 0 aliphatic heterocycles. The van der Waals surface area contributed by atoms with Crippen molar-refractivity contribution in [1.29, 1.82) is 0 Å². The Balaban J connectivity index is 1.37. The van der Waals surface area contributed by atoms with Crippen molar-refractivity contribution in [1.82, 2.24) is 5.43 Å². The van der Waals surface area contributed by atoms with Crippen molar-refractivity contribution >= 4 is 33.7 Å². The number of carbonyl (C=O) groups excluding carboxylic acids is 1. The molecule has 1 amide bonds. The number of rotatable bonds is 6. The van der Waals surface area contributed by atoms with E-state index < -0.39 is 0 Å². The van der Waals surface area contributed by atoms with E-state index in [0.717, 1.165) is 38.2 Å². The lowest BCUT2D eigenvalue weighted by atomic mass is 9.97. The van der Waals surface area contributed by atoms with Crippen LogP contribution in [-0.2, 0) is 6.61 Å². The van der Waals surface area contributed by atoms with Crippen LogP contribution >= 0.6 is 0 Å². The summed E-state index contributed by atoms with van der Waals surface area (Å²) >= 11 is 0. The van der Waals surface area contributed by atoms with Crippen LogP contribution in [0.25, 0.3) is 21.5 Å². The first-order valence-corrected chi connectivity index (χ1v) is 11.2. The minimum atomic E-state index is -0.283. The molecule has 0 aliphatic carbocycles. The number of hydrogen-bond donors (Lipinski definition) is 1. The van der Waals surface area contributed by atoms with Crippen molar-refractivity contribution in [2.24, 2.45) is 5.10 Å². The van der Waals surface area contributed by atoms with Crippen LogP contribution in [-0.4, -0.2) is 12.1 Å². The fraction of sp³-hybridized carbons (Fsp3) is 0.0667. The fourth-order valence-electron chi connectivity index (χ4n) is 4.11. The minimum absolute atomic E-state index is 0.283. The van der Waals surface area contributed by atoms with Crippen LogP contribution in [0.5, 0.6) is 5.75 Å². The maximum absolute atomic E-state index is 12.9. The average Bonchev–Trinajstić information content (AvgIpc) is 2.87. The molecule has 0 saturated carbocycles. The largest absolute Gasteiger partial charge is 0.489 e. The highest BCUT2D eigenvalue weighted by atomic mass is 16.5. The zero-order valence-corrected chi connectivity index (χ0v) is 18.9. The Morgan fingerprint density at radius 2 is 1.47 bits per heavy atom. The second kappa shape index (κ2) is 9.59. The van der Waals surface area contributed by atoms with Crippen molar-refractivity contribution in [2.75, 3.05) is 0 Å². The lowest BCUT2D eigenvalue weighted by Crippen LogP contribution is -2.18. The van der Waals surface area contributed by atoms with Crippen molar-refractivity contribution in [3.05, 3.63) is 125 Å². The highest BCUT2D eigenvalue weighted by molar-refractivity contribution is 6.13. The molecule has 0 aliphatic rings. The summed E-state index contributed by atoms with van der Waals surface area (Å²) in [4.78, 5) is 12.9. The molecule has 0 radical (unpaired) electrons. The van der Waals surface area contributed by atoms with Gasteiger partial charge in [-0.05, 0) is 63.9 Å². The molecule has 0 heterocycles. The Morgan fingerprint density at radius 1 is 0.824 bits per heavy atom. The number of benzene rings is 5. The average molecular weight is 445 g/mol. The van der Waals surface area contributed by atoms with E-state index in [9.17, 15) is 4.79 Å². The zero-order valence-electron chi connectivity index (χ0n) is 18.9. The van der Waals surface area contributed by atoms with Gasteiger partial charge in [-0.2, -0.15) is 5.10 Å². The number of hydrazone groups is 1. The van der Waals surface area contributed by atoms with Crippen LogP contribution in [0.3, 0.4) is 0 Å². The quantitative estimate of drug-likeness (QED) is 0.181. The van der Waals surface area contributed by atoms with Gasteiger partial charge in [0.2, 0.25) is 0 Å². The molecule has 0 fully saturated rings. The second-order valence-corrected chi connectivity index (χ2v) is 8.24. The molecule has 0 saturated heterocycles. The van der Waals surface area contributed by atoms with Gasteiger partial charge in [0, 0.05) is 11.1 Å². The minimum Gasteiger partial charge on any atom is -0.489 e. The smallest absolute Gasteiger partial charge is 0.271 e. The number of amides is 1. The number of hydrogen-bond acceptors (Lipinski definition) is 3. The molecule has 5 aromatic carbocycles. The molecule has 4 nitrogen and oxygen atoms in total. The Labute approximate surface area is 198 Å². The third-order valence-corrected chi connectivity index (χ3v) is 5.73. The summed E-state index contributed by atoms with van der Waals surface area (Å²) in [6, 6.07) is 34.0. The number of nitrogens with one attached hydrogen (secondary N) is 1. The first-order valence-electron chi connectivity index (χ1n) is 11.2. The van der Waals surface area contributed by atoms with E-state index in [1.807, 2.05) is 73.7 Å². The SMILES string of the molecule is Cc1cc(OCc2ccccc2)cc(C(=O)N/N=C/c2c3ccccc3cc3ccccc23)c1. The van der Waals surface area contributed by atoms with Gasteiger partial charge in [0.25, 0.3) is 5.91 Å². The Bertz CT molecular complexity index is 1450. The molecular weight excluding hydrogens is 420 g/mol. The van der Waals surface area contributed by atoms with Crippen LogP contribution in [0.4, 0.5) is 0 Å². The zero-order chi connectivity index (χ0) is 23.3. The van der Waals surface area contributed by atoms with E-state index in [0.29, 0.717) is 17.9 Å². The number of aryl methyl sites for hydroxylation is 1. The van der Waals surface area contributed by atoms with E-state index >= 15 is 0 Å². The third kappa shape index (κ3) is 4.66. The van der Waals surface area contributed by atoms with Gasteiger partial charge in [-0.15, -0.1) is 0 Å². The number of ether oxygens (including phenoxy) is 1. The van der Waals surface area contributed by atoms with Gasteiger partial charge in [0.05, 0.1) is 6.21 Å². The summed E-state index contributed by atoms with van der Waals surface area (Å²) in [5.41, 5.74) is 6.18. The lowest BCUT2D eigenvalue weighted by Gasteiger charge is -2.10. The molecule has 1 N–H and O–H groups in total. The molecule has 166 valence electrons. The summed E-state index contributed by atoms with van der Waals surface area (Å²) in [6.45, 7) is 2.38. The normalized spacial score (nSPS) is 11.2. The monoisotopic (exact) mass is 444 g/mol. The Kier molecular flexibility index (Phi) is 6.04. The first-order chi connectivity index (χ1) is 16.7. The Morgan fingerprint density at radius 3 is 2.18 bits per heavy atom. The van der Waals surface area contributed by atoms with Gasteiger partial charge in [-0.25, -0.2) is 5.43 Å². The van der Waals surface area contributed by atoms with E-state index in [4.69, 9.17) is 4.74 Å². The van der Waals surface area contributed by atoms with Crippen LogP contribution in [0.1, 0.15) is 27.0 Å². The predicted molar refractivity (Wildman–Crippen MR) is 138 cm³/mol. The summed E-state index contributed by atoms with van der Waals surface area (Å²) in [5.74, 6) is 0.368. The fourth-order valence-corrected chi connectivity index (χ4v) is 4.11. The molecule has 4 heteroatoms. The topological polar surface area (TPSA) is 50.7 Å². The maximum Gasteiger partial charge on any atom is 0.271 e. The van der Waals surface area contributed by atoms with E-state index in [1.165, 1.54) is 0 Å². The van der Waals surface area contributed by atoms with Gasteiger partial charge in [-0.3, -0.25) is 4.79 Å². The van der Waals surface area contributed by atoms with Crippen molar-refractivity contribution in [2.45, 2.75) is 13.5 Å². The van der Waals surface area contributed by atoms with E-state index in [1.54, 1.807) is 12.3 Å². The maximum atomic E-state index is 12.9. The summed E-state index contributed by atoms with van der Waals surface area (Å²) in [6.07, 6.45) is 1.73. The molecule has 0 aromatic heterocycles. The lowest BCUT2D eigenvalue weighted by molar-refractivity contribution is 0.0954. The first kappa shape index (κ1) is 21.4. The van der Waals surface area contributed by atoms with Gasteiger partial charge < -0.3 is 4.74 Å². The summed E-state index contributed by atoms with van der Waals surface area (Å²) in [5, 5.41) is 8.75. The molecule has 34 heavy (non-hydrogen) atoms. The van der Waals surface area contributed by atoms with Gasteiger partial charge in [0.1, 0.15) is 12.4 Å². The molecule has 0 bridgehead atoms. The van der Waals surface area contributed by atoms with Crippen molar-refractivity contribution in [3.63, 3.8) is 0 Å². The van der Waals surface area contributed by atoms with Crippen LogP contribution in [0, 0.1) is 6.92 Å². The van der Waals surface area contributed by atoms with Gasteiger partial charge in [-0.1, -0.05) is 78.9 Å². The highest BCUT2D eigenvalue weighted by Gasteiger charge is 2.09. The molecule has 5 rings (SSSR count). The van der Waals surface area contributed by atoms with Crippen molar-refractivity contribution < 1.29 is 9.53 Å². The Hall–Kier alpha value is -4.44. The van der Waals surface area contributed by atoms with Crippen LogP contribution in [0.2, 0.25) is 0 Å². The predicted octanol–water partition coefficient (Wildman–Crippen LogP) is 6.64. The summed E-state index contributed by atoms with van der Waals surface area (Å²) < 4.78 is 5.92. The van der Waals surface area contributed by atoms with Crippen molar-refractivity contribution in [3.8, 4) is 5.75 Å². The molecular formula is C30H24N2O2.